The number of fused-ring (bicyclic) bond motifs is 1. The number of nitrogens with zero attached hydrogens (tertiary/aromatic N) is 3. The summed E-state index contributed by atoms with van der Waals surface area (Å²) in [5.74, 6) is -0.372. The van der Waals surface area contributed by atoms with Gasteiger partial charge in [0.2, 0.25) is 0 Å². The second-order valence-corrected chi connectivity index (χ2v) is 8.35. The maximum atomic E-state index is 13.6. The van der Waals surface area contributed by atoms with Gasteiger partial charge in [0.15, 0.2) is 5.13 Å². The Kier molecular flexibility index (Phi) is 5.89. The van der Waals surface area contributed by atoms with Gasteiger partial charge in [0.1, 0.15) is 5.82 Å². The molecule has 1 aliphatic heterocycles. The van der Waals surface area contributed by atoms with E-state index in [1.165, 1.54) is 23.5 Å². The normalized spacial score (nSPS) is 15.0. The third kappa shape index (κ3) is 4.47. The Morgan fingerprint density at radius 2 is 2.00 bits per heavy atom. The number of hydrogen-bond acceptors (Lipinski definition) is 5. The number of halogens is 1. The largest absolute Gasteiger partial charge is 0.379 e. The van der Waals surface area contributed by atoms with Crippen LogP contribution in [0.2, 0.25) is 0 Å². The molecule has 152 valence electrons. The molecule has 0 unspecified atom stereocenters. The van der Waals surface area contributed by atoms with Gasteiger partial charge in [-0.05, 0) is 43.7 Å². The van der Waals surface area contributed by atoms with Crippen LogP contribution in [0.5, 0.6) is 0 Å². The van der Waals surface area contributed by atoms with Crippen molar-refractivity contribution < 1.29 is 13.9 Å². The van der Waals surface area contributed by atoms with Crippen molar-refractivity contribution in [1.29, 1.82) is 0 Å². The van der Waals surface area contributed by atoms with Crippen molar-refractivity contribution in [3.05, 3.63) is 58.9 Å². The second-order valence-electron chi connectivity index (χ2n) is 7.34. The van der Waals surface area contributed by atoms with Gasteiger partial charge in [0.25, 0.3) is 5.91 Å². The van der Waals surface area contributed by atoms with E-state index in [4.69, 9.17) is 4.74 Å². The molecule has 0 bridgehead atoms. The summed E-state index contributed by atoms with van der Waals surface area (Å²) in [6, 6.07) is 10.4. The summed E-state index contributed by atoms with van der Waals surface area (Å²) in [4.78, 5) is 22.1. The lowest BCUT2D eigenvalue weighted by Crippen LogP contribution is -2.43. The van der Waals surface area contributed by atoms with Gasteiger partial charge in [-0.3, -0.25) is 14.6 Å². The average molecular weight is 414 g/mol. The molecule has 0 saturated carbocycles. The number of ether oxygens (including phenoxy) is 1. The molecule has 1 aliphatic rings. The minimum atomic E-state index is -0.298. The molecule has 2 aromatic carbocycles. The smallest absolute Gasteiger partial charge is 0.260 e. The molecule has 1 amide bonds. The topological polar surface area (TPSA) is 45.7 Å². The summed E-state index contributed by atoms with van der Waals surface area (Å²) in [6.07, 6.45) is 0. The van der Waals surface area contributed by atoms with E-state index in [1.54, 1.807) is 11.0 Å². The molecule has 1 aromatic heterocycles. The Labute approximate surface area is 173 Å². The van der Waals surface area contributed by atoms with E-state index < -0.39 is 0 Å². The zero-order valence-electron chi connectivity index (χ0n) is 16.7. The molecule has 0 radical (unpaired) electrons. The van der Waals surface area contributed by atoms with Crippen molar-refractivity contribution >= 4 is 32.6 Å². The Bertz CT molecular complexity index is 1030. The molecule has 2 heterocycles. The van der Waals surface area contributed by atoms with Crippen molar-refractivity contribution in [2.45, 2.75) is 13.8 Å². The molecule has 0 spiro atoms. The second kappa shape index (κ2) is 8.57. The van der Waals surface area contributed by atoms with Crippen molar-refractivity contribution in [1.82, 2.24) is 9.88 Å². The summed E-state index contributed by atoms with van der Waals surface area (Å²) in [7, 11) is 0. The highest BCUT2D eigenvalue weighted by Crippen LogP contribution is 2.30. The monoisotopic (exact) mass is 413 g/mol. The Morgan fingerprint density at radius 3 is 2.76 bits per heavy atom. The minimum Gasteiger partial charge on any atom is -0.379 e. The fraction of sp³-hybridized carbons (Fsp3) is 0.364. The lowest BCUT2D eigenvalue weighted by molar-refractivity contribution is 0.0391. The number of morpholine rings is 1. The zero-order valence-corrected chi connectivity index (χ0v) is 17.5. The predicted molar refractivity (Wildman–Crippen MR) is 114 cm³/mol. The number of rotatable bonds is 5. The number of anilines is 1. The standard InChI is InChI=1S/C22H24FN3O2S/c1-15-3-5-18(16(2)13-15)21(27)26(8-7-25-9-11-28-12-10-25)22-24-19-6-4-17(23)14-20(19)29-22/h3-6,13-14H,7-12H2,1-2H3. The summed E-state index contributed by atoms with van der Waals surface area (Å²) < 4.78 is 19.8. The number of carbonyl (C=O) groups excluding carboxylic acids is 1. The van der Waals surface area contributed by atoms with Gasteiger partial charge >= 0.3 is 0 Å². The molecule has 7 heteroatoms. The maximum Gasteiger partial charge on any atom is 0.260 e. The van der Waals surface area contributed by atoms with Crippen LogP contribution in [0.1, 0.15) is 21.5 Å². The molecule has 29 heavy (non-hydrogen) atoms. The highest BCUT2D eigenvalue weighted by molar-refractivity contribution is 7.22. The molecular weight excluding hydrogens is 389 g/mol. The van der Waals surface area contributed by atoms with Crippen LogP contribution in [0.15, 0.2) is 36.4 Å². The first-order valence-electron chi connectivity index (χ1n) is 9.76. The summed E-state index contributed by atoms with van der Waals surface area (Å²) >= 11 is 1.35. The average Bonchev–Trinajstić information content (AvgIpc) is 3.11. The molecule has 5 nitrogen and oxygen atoms in total. The van der Waals surface area contributed by atoms with E-state index in [0.717, 1.165) is 35.5 Å². The van der Waals surface area contributed by atoms with Crippen LogP contribution in [0, 0.1) is 19.7 Å². The molecule has 1 fully saturated rings. The molecule has 0 atom stereocenters. The van der Waals surface area contributed by atoms with E-state index in [-0.39, 0.29) is 11.7 Å². The molecule has 0 N–H and O–H groups in total. The Morgan fingerprint density at radius 1 is 1.21 bits per heavy atom. The number of amides is 1. The number of hydrogen-bond donors (Lipinski definition) is 0. The Balaban J connectivity index is 1.66. The van der Waals surface area contributed by atoms with Crippen LogP contribution in [0.3, 0.4) is 0 Å². The number of carbonyl (C=O) groups is 1. The number of thiazole rings is 1. The van der Waals surface area contributed by atoms with Crippen LogP contribution < -0.4 is 4.90 Å². The maximum absolute atomic E-state index is 13.6. The van der Waals surface area contributed by atoms with Crippen molar-refractivity contribution in [3.63, 3.8) is 0 Å². The lowest BCUT2D eigenvalue weighted by atomic mass is 10.0. The van der Waals surface area contributed by atoms with Crippen LogP contribution in [0.4, 0.5) is 9.52 Å². The van der Waals surface area contributed by atoms with Crippen molar-refractivity contribution in [2.24, 2.45) is 0 Å². The van der Waals surface area contributed by atoms with E-state index >= 15 is 0 Å². The fourth-order valence-corrected chi connectivity index (χ4v) is 4.57. The van der Waals surface area contributed by atoms with Crippen LogP contribution >= 0.6 is 11.3 Å². The van der Waals surface area contributed by atoms with E-state index in [2.05, 4.69) is 9.88 Å². The first-order chi connectivity index (χ1) is 14.0. The summed E-state index contributed by atoms with van der Waals surface area (Å²) in [6.45, 7) is 8.37. The summed E-state index contributed by atoms with van der Waals surface area (Å²) in [5, 5.41) is 0.601. The van der Waals surface area contributed by atoms with Crippen molar-refractivity contribution in [2.75, 3.05) is 44.3 Å². The SMILES string of the molecule is Cc1ccc(C(=O)N(CCN2CCOCC2)c2nc3ccc(F)cc3s2)c(C)c1. The number of aryl methyl sites for hydroxylation is 2. The quantitative estimate of drug-likeness (QED) is 0.634. The van der Waals surface area contributed by atoms with Gasteiger partial charge in [0, 0.05) is 31.7 Å². The van der Waals surface area contributed by atoms with Gasteiger partial charge in [-0.25, -0.2) is 9.37 Å². The van der Waals surface area contributed by atoms with Gasteiger partial charge in [-0.15, -0.1) is 0 Å². The minimum absolute atomic E-state index is 0.0738. The van der Waals surface area contributed by atoms with Gasteiger partial charge in [0.05, 0.1) is 23.4 Å². The van der Waals surface area contributed by atoms with Crippen LogP contribution in [-0.4, -0.2) is 55.2 Å². The van der Waals surface area contributed by atoms with Crippen LogP contribution in [0.25, 0.3) is 10.2 Å². The number of benzene rings is 2. The van der Waals surface area contributed by atoms with Gasteiger partial charge in [-0.1, -0.05) is 29.0 Å². The van der Waals surface area contributed by atoms with Crippen LogP contribution in [-0.2, 0) is 4.74 Å². The van der Waals surface area contributed by atoms with E-state index in [1.807, 2.05) is 32.0 Å². The Hall–Kier alpha value is -2.35. The van der Waals surface area contributed by atoms with Gasteiger partial charge in [-0.2, -0.15) is 0 Å². The third-order valence-corrected chi connectivity index (χ3v) is 6.21. The molecule has 3 aromatic rings. The predicted octanol–water partition coefficient (Wildman–Crippen LogP) is 4.03. The highest BCUT2D eigenvalue weighted by Gasteiger charge is 2.24. The van der Waals surface area contributed by atoms with E-state index in [9.17, 15) is 9.18 Å². The summed E-state index contributed by atoms with van der Waals surface area (Å²) in [5.41, 5.74) is 3.44. The number of aromatic nitrogens is 1. The first kappa shape index (κ1) is 19.9. The fourth-order valence-electron chi connectivity index (χ4n) is 3.55. The van der Waals surface area contributed by atoms with E-state index in [0.29, 0.717) is 36.0 Å². The molecular formula is C22H24FN3O2S. The zero-order chi connectivity index (χ0) is 20.4. The molecule has 0 aliphatic carbocycles. The molecule has 4 rings (SSSR count). The highest BCUT2D eigenvalue weighted by atomic mass is 32.1. The first-order valence-corrected chi connectivity index (χ1v) is 10.6. The third-order valence-electron chi connectivity index (χ3n) is 5.17. The lowest BCUT2D eigenvalue weighted by Gasteiger charge is -2.29. The van der Waals surface area contributed by atoms with Crippen molar-refractivity contribution in [3.8, 4) is 0 Å². The van der Waals surface area contributed by atoms with Gasteiger partial charge < -0.3 is 4.74 Å². The molecule has 1 saturated heterocycles.